The minimum Gasteiger partial charge on any atom is -0.386 e. The van der Waals surface area contributed by atoms with Crippen molar-refractivity contribution in [3.63, 3.8) is 0 Å². The SMILES string of the molecule is Cl.O=C1C=CC2=CNCC2=C1. The van der Waals surface area contributed by atoms with E-state index in [0.717, 1.165) is 17.7 Å². The van der Waals surface area contributed by atoms with Crippen LogP contribution in [0.1, 0.15) is 0 Å². The fraction of sp³-hybridized carbons (Fsp3) is 0.125. The van der Waals surface area contributed by atoms with E-state index in [1.807, 2.05) is 12.3 Å². The molecule has 0 spiro atoms. The number of ketones is 1. The summed E-state index contributed by atoms with van der Waals surface area (Å²) in [5, 5.41) is 3.05. The van der Waals surface area contributed by atoms with Crippen molar-refractivity contribution in [3.8, 4) is 0 Å². The van der Waals surface area contributed by atoms with Crippen LogP contribution in [-0.2, 0) is 4.79 Å². The first kappa shape index (κ1) is 8.08. The van der Waals surface area contributed by atoms with Crippen molar-refractivity contribution >= 4 is 18.2 Å². The molecule has 11 heavy (non-hydrogen) atoms. The zero-order valence-corrected chi connectivity index (χ0v) is 6.65. The average molecular weight is 170 g/mol. The Morgan fingerprint density at radius 2 is 2.18 bits per heavy atom. The Bertz CT molecular complexity index is 276. The maximum atomic E-state index is 10.8. The summed E-state index contributed by atoms with van der Waals surface area (Å²) in [5.41, 5.74) is 2.24. The number of carbonyl (C=O) groups excluding carboxylic acids is 1. The van der Waals surface area contributed by atoms with Crippen LogP contribution >= 0.6 is 12.4 Å². The molecular formula is C8H8ClNO. The molecule has 1 aliphatic heterocycles. The monoisotopic (exact) mass is 169 g/mol. The fourth-order valence-electron chi connectivity index (χ4n) is 1.15. The summed E-state index contributed by atoms with van der Waals surface area (Å²) in [6.07, 6.45) is 7.03. The number of halogens is 1. The number of fused-ring (bicyclic) bond motifs is 1. The highest BCUT2D eigenvalue weighted by Crippen LogP contribution is 2.18. The molecule has 0 saturated carbocycles. The first-order valence-electron chi connectivity index (χ1n) is 3.23. The largest absolute Gasteiger partial charge is 0.386 e. The third kappa shape index (κ3) is 1.35. The summed E-state index contributed by atoms with van der Waals surface area (Å²) >= 11 is 0. The lowest BCUT2D eigenvalue weighted by Crippen LogP contribution is -2.03. The number of nitrogens with one attached hydrogen (secondary N) is 1. The van der Waals surface area contributed by atoms with E-state index in [9.17, 15) is 4.79 Å². The van der Waals surface area contributed by atoms with E-state index in [2.05, 4.69) is 5.32 Å². The highest BCUT2D eigenvalue weighted by atomic mass is 35.5. The van der Waals surface area contributed by atoms with Crippen LogP contribution in [0.4, 0.5) is 0 Å². The van der Waals surface area contributed by atoms with Crippen molar-refractivity contribution in [2.24, 2.45) is 0 Å². The molecule has 3 heteroatoms. The number of carbonyl (C=O) groups is 1. The van der Waals surface area contributed by atoms with Gasteiger partial charge >= 0.3 is 0 Å². The Kier molecular flexibility index (Phi) is 2.15. The third-order valence-electron chi connectivity index (χ3n) is 1.66. The number of hydrogen-bond acceptors (Lipinski definition) is 2. The quantitative estimate of drug-likeness (QED) is 0.585. The molecule has 0 bridgehead atoms. The van der Waals surface area contributed by atoms with Crippen LogP contribution in [-0.4, -0.2) is 12.3 Å². The van der Waals surface area contributed by atoms with Crippen molar-refractivity contribution in [3.05, 3.63) is 35.6 Å². The maximum Gasteiger partial charge on any atom is 0.179 e. The number of allylic oxidation sites excluding steroid dienone is 3. The molecule has 2 rings (SSSR count). The molecule has 2 aliphatic rings. The lowest BCUT2D eigenvalue weighted by Gasteiger charge is -2.01. The second kappa shape index (κ2) is 2.93. The van der Waals surface area contributed by atoms with Gasteiger partial charge in [0.2, 0.25) is 0 Å². The minimum atomic E-state index is 0. The van der Waals surface area contributed by atoms with E-state index in [1.165, 1.54) is 0 Å². The van der Waals surface area contributed by atoms with Crippen molar-refractivity contribution in [2.45, 2.75) is 0 Å². The van der Waals surface area contributed by atoms with E-state index < -0.39 is 0 Å². The Hall–Kier alpha value is -1.02. The van der Waals surface area contributed by atoms with E-state index in [-0.39, 0.29) is 18.2 Å². The Morgan fingerprint density at radius 3 is 3.00 bits per heavy atom. The average Bonchev–Trinajstić information content (AvgIpc) is 2.33. The van der Waals surface area contributed by atoms with Gasteiger partial charge in [-0.15, -0.1) is 12.4 Å². The van der Waals surface area contributed by atoms with E-state index >= 15 is 0 Å². The van der Waals surface area contributed by atoms with Gasteiger partial charge in [-0.1, -0.05) is 0 Å². The van der Waals surface area contributed by atoms with Gasteiger partial charge in [-0.3, -0.25) is 4.79 Å². The van der Waals surface area contributed by atoms with Gasteiger partial charge in [-0.25, -0.2) is 0 Å². The maximum absolute atomic E-state index is 10.8. The molecule has 0 saturated heterocycles. The van der Waals surface area contributed by atoms with Gasteiger partial charge in [0.25, 0.3) is 0 Å². The minimum absolute atomic E-state index is 0. The summed E-state index contributed by atoms with van der Waals surface area (Å²) in [5.74, 6) is 0.0934. The Labute approximate surface area is 71.1 Å². The van der Waals surface area contributed by atoms with Crippen LogP contribution < -0.4 is 5.32 Å². The predicted molar refractivity (Wildman–Crippen MR) is 45.6 cm³/mol. The van der Waals surface area contributed by atoms with Crippen LogP contribution in [0.3, 0.4) is 0 Å². The number of hydrogen-bond donors (Lipinski definition) is 1. The summed E-state index contributed by atoms with van der Waals surface area (Å²) in [7, 11) is 0. The van der Waals surface area contributed by atoms with Crippen molar-refractivity contribution in [2.75, 3.05) is 6.54 Å². The van der Waals surface area contributed by atoms with Crippen LogP contribution in [0, 0.1) is 0 Å². The highest BCUT2D eigenvalue weighted by molar-refractivity contribution is 6.02. The summed E-state index contributed by atoms with van der Waals surface area (Å²) in [6, 6.07) is 0. The molecule has 1 aliphatic carbocycles. The van der Waals surface area contributed by atoms with Crippen LogP contribution in [0.15, 0.2) is 35.6 Å². The van der Waals surface area contributed by atoms with Crippen LogP contribution in [0.5, 0.6) is 0 Å². The normalized spacial score (nSPS) is 19.5. The van der Waals surface area contributed by atoms with Gasteiger partial charge in [0.1, 0.15) is 0 Å². The van der Waals surface area contributed by atoms with E-state index in [0.29, 0.717) is 0 Å². The standard InChI is InChI=1S/C8H7NO.ClH/c10-8-2-1-6-4-9-5-7(6)3-8;/h1-4,9H,5H2;1H. The molecule has 0 fully saturated rings. The van der Waals surface area contributed by atoms with Crippen molar-refractivity contribution in [1.29, 1.82) is 0 Å². The van der Waals surface area contributed by atoms with Gasteiger partial charge in [-0.05, 0) is 29.4 Å². The smallest absolute Gasteiger partial charge is 0.179 e. The van der Waals surface area contributed by atoms with Gasteiger partial charge in [-0.2, -0.15) is 0 Å². The van der Waals surface area contributed by atoms with Gasteiger partial charge in [0.15, 0.2) is 5.78 Å². The lowest BCUT2D eigenvalue weighted by atomic mass is 10.0. The summed E-state index contributed by atoms with van der Waals surface area (Å²) < 4.78 is 0. The first-order chi connectivity index (χ1) is 4.86. The van der Waals surface area contributed by atoms with Crippen LogP contribution in [0.25, 0.3) is 0 Å². The van der Waals surface area contributed by atoms with Crippen LogP contribution in [0.2, 0.25) is 0 Å². The molecule has 0 aromatic carbocycles. The van der Waals surface area contributed by atoms with Gasteiger partial charge in [0.05, 0.1) is 0 Å². The molecule has 0 aromatic rings. The van der Waals surface area contributed by atoms with E-state index in [4.69, 9.17) is 0 Å². The molecular weight excluding hydrogens is 162 g/mol. The zero-order chi connectivity index (χ0) is 6.97. The molecule has 0 radical (unpaired) electrons. The zero-order valence-electron chi connectivity index (χ0n) is 5.83. The van der Waals surface area contributed by atoms with Crippen molar-refractivity contribution in [1.82, 2.24) is 5.32 Å². The molecule has 0 aromatic heterocycles. The molecule has 0 amide bonds. The van der Waals surface area contributed by atoms with Crippen molar-refractivity contribution < 1.29 is 4.79 Å². The fourth-order valence-corrected chi connectivity index (χ4v) is 1.15. The molecule has 1 heterocycles. The third-order valence-corrected chi connectivity index (χ3v) is 1.66. The number of rotatable bonds is 0. The molecule has 0 unspecified atom stereocenters. The van der Waals surface area contributed by atoms with Gasteiger partial charge in [0, 0.05) is 12.7 Å². The summed E-state index contributed by atoms with van der Waals surface area (Å²) in [4.78, 5) is 10.8. The highest BCUT2D eigenvalue weighted by Gasteiger charge is 2.12. The Balaban J connectivity index is 0.000000605. The summed E-state index contributed by atoms with van der Waals surface area (Å²) in [6.45, 7) is 0.797. The lowest BCUT2D eigenvalue weighted by molar-refractivity contribution is -0.110. The molecule has 1 N–H and O–H groups in total. The molecule has 58 valence electrons. The first-order valence-corrected chi connectivity index (χ1v) is 3.23. The second-order valence-corrected chi connectivity index (χ2v) is 2.39. The van der Waals surface area contributed by atoms with E-state index in [1.54, 1.807) is 12.2 Å². The molecule has 0 atom stereocenters. The Morgan fingerprint density at radius 1 is 1.36 bits per heavy atom. The topological polar surface area (TPSA) is 29.1 Å². The van der Waals surface area contributed by atoms with Gasteiger partial charge < -0.3 is 5.32 Å². The second-order valence-electron chi connectivity index (χ2n) is 2.39. The molecule has 2 nitrogen and oxygen atoms in total. The predicted octanol–water partition coefficient (Wildman–Crippen LogP) is 0.961.